The molecule has 0 amide bonds. The van der Waals surface area contributed by atoms with Crippen LogP contribution < -0.4 is 5.32 Å². The molecule has 120 valence electrons. The Hall–Kier alpha value is -2.73. The summed E-state index contributed by atoms with van der Waals surface area (Å²) in [5.41, 5.74) is 8.31. The van der Waals surface area contributed by atoms with Gasteiger partial charge in [0.2, 0.25) is 0 Å². The van der Waals surface area contributed by atoms with Gasteiger partial charge in [0.25, 0.3) is 0 Å². The van der Waals surface area contributed by atoms with E-state index in [2.05, 4.69) is 20.3 Å². The SMILES string of the molecule is [N-]=[N+]=Nc1nccc(NCCCc2ccccc2)c1C(F)(F)F. The minimum atomic E-state index is -4.65. The number of rotatable bonds is 6. The summed E-state index contributed by atoms with van der Waals surface area (Å²) >= 11 is 0. The lowest BCUT2D eigenvalue weighted by molar-refractivity contribution is -0.136. The highest BCUT2D eigenvalue weighted by Crippen LogP contribution is 2.40. The van der Waals surface area contributed by atoms with Crippen molar-refractivity contribution in [2.45, 2.75) is 19.0 Å². The molecule has 0 bridgehead atoms. The third kappa shape index (κ3) is 4.62. The van der Waals surface area contributed by atoms with E-state index in [0.29, 0.717) is 13.0 Å². The summed E-state index contributed by atoms with van der Waals surface area (Å²) in [6, 6.07) is 10.9. The number of halogens is 3. The number of nitrogens with zero attached hydrogens (tertiary/aromatic N) is 4. The van der Waals surface area contributed by atoms with Gasteiger partial charge in [-0.25, -0.2) is 0 Å². The van der Waals surface area contributed by atoms with Crippen molar-refractivity contribution in [3.63, 3.8) is 0 Å². The van der Waals surface area contributed by atoms with Crippen molar-refractivity contribution >= 4 is 11.5 Å². The van der Waals surface area contributed by atoms with E-state index in [4.69, 9.17) is 5.53 Å². The van der Waals surface area contributed by atoms with E-state index in [1.54, 1.807) is 0 Å². The second-order valence-corrected chi connectivity index (χ2v) is 4.76. The zero-order valence-electron chi connectivity index (χ0n) is 12.1. The van der Waals surface area contributed by atoms with Crippen molar-refractivity contribution in [3.05, 3.63) is 64.2 Å². The fraction of sp³-hybridized carbons (Fsp3) is 0.267. The van der Waals surface area contributed by atoms with E-state index in [1.165, 1.54) is 12.3 Å². The second kappa shape index (κ2) is 7.51. The number of nitrogens with one attached hydrogen (secondary N) is 1. The van der Waals surface area contributed by atoms with Crippen LogP contribution in [0.15, 0.2) is 47.7 Å². The van der Waals surface area contributed by atoms with Crippen molar-refractivity contribution in [1.29, 1.82) is 0 Å². The van der Waals surface area contributed by atoms with Gasteiger partial charge in [0, 0.05) is 23.3 Å². The van der Waals surface area contributed by atoms with Gasteiger partial charge in [-0.1, -0.05) is 30.3 Å². The van der Waals surface area contributed by atoms with Crippen LogP contribution in [0.2, 0.25) is 0 Å². The van der Waals surface area contributed by atoms with E-state index in [-0.39, 0.29) is 5.69 Å². The molecule has 1 aromatic carbocycles. The quantitative estimate of drug-likeness (QED) is 0.348. The normalized spacial score (nSPS) is 10.9. The number of hydrogen-bond acceptors (Lipinski definition) is 3. The van der Waals surface area contributed by atoms with Gasteiger partial charge < -0.3 is 5.32 Å². The molecule has 0 aliphatic heterocycles. The molecule has 0 radical (unpaired) electrons. The van der Waals surface area contributed by atoms with Crippen LogP contribution in [0, 0.1) is 0 Å². The van der Waals surface area contributed by atoms with Gasteiger partial charge in [-0.3, -0.25) is 4.98 Å². The largest absolute Gasteiger partial charge is 0.420 e. The number of anilines is 1. The monoisotopic (exact) mass is 321 g/mol. The summed E-state index contributed by atoms with van der Waals surface area (Å²) in [5, 5.41) is 5.76. The minimum absolute atomic E-state index is 0.136. The Morgan fingerprint density at radius 3 is 2.57 bits per heavy atom. The molecule has 1 aromatic heterocycles. The summed E-state index contributed by atoms with van der Waals surface area (Å²) in [6.45, 7) is 0.359. The molecule has 1 N–H and O–H groups in total. The first-order valence-electron chi connectivity index (χ1n) is 6.91. The van der Waals surface area contributed by atoms with Crippen LogP contribution in [0.3, 0.4) is 0 Å². The molecule has 0 unspecified atom stereocenters. The van der Waals surface area contributed by atoms with E-state index in [1.807, 2.05) is 30.3 Å². The summed E-state index contributed by atoms with van der Waals surface area (Å²) in [5.74, 6) is -0.673. The van der Waals surface area contributed by atoms with E-state index < -0.39 is 17.6 Å². The van der Waals surface area contributed by atoms with Crippen molar-refractivity contribution in [2.75, 3.05) is 11.9 Å². The van der Waals surface area contributed by atoms with Crippen LogP contribution in [-0.4, -0.2) is 11.5 Å². The molecule has 0 atom stereocenters. The molecule has 0 saturated heterocycles. The highest BCUT2D eigenvalue weighted by Gasteiger charge is 2.36. The number of aromatic nitrogens is 1. The second-order valence-electron chi connectivity index (χ2n) is 4.76. The van der Waals surface area contributed by atoms with Gasteiger partial charge in [0.05, 0.1) is 0 Å². The van der Waals surface area contributed by atoms with Gasteiger partial charge in [0.15, 0.2) is 0 Å². The number of azide groups is 1. The van der Waals surface area contributed by atoms with Crippen molar-refractivity contribution in [1.82, 2.24) is 4.98 Å². The van der Waals surface area contributed by atoms with Crippen LogP contribution in [0.5, 0.6) is 0 Å². The number of hydrogen-bond donors (Lipinski definition) is 1. The molecule has 8 heteroatoms. The van der Waals surface area contributed by atoms with Crippen LogP contribution in [0.4, 0.5) is 24.7 Å². The Bertz CT molecular complexity index is 694. The Morgan fingerprint density at radius 1 is 1.17 bits per heavy atom. The molecule has 0 aliphatic carbocycles. The maximum atomic E-state index is 13.1. The van der Waals surface area contributed by atoms with Crippen molar-refractivity contribution in [2.24, 2.45) is 5.11 Å². The zero-order chi connectivity index (χ0) is 16.7. The molecule has 5 nitrogen and oxygen atoms in total. The number of benzene rings is 1. The average molecular weight is 321 g/mol. The Labute approximate surface area is 130 Å². The van der Waals surface area contributed by atoms with Gasteiger partial charge in [0.1, 0.15) is 11.4 Å². The fourth-order valence-corrected chi connectivity index (χ4v) is 2.16. The lowest BCUT2D eigenvalue weighted by atomic mass is 10.1. The standard InChI is InChI=1S/C15H14F3N5/c16-15(17,18)13-12(8-10-21-14(13)22-23-19)20-9-4-7-11-5-2-1-3-6-11/h1-3,5-6,8,10H,4,7,9H2,(H,20,21). The van der Waals surface area contributed by atoms with E-state index in [0.717, 1.165) is 12.0 Å². The maximum absolute atomic E-state index is 13.1. The molecule has 0 fully saturated rings. The molecule has 1 heterocycles. The predicted molar refractivity (Wildman–Crippen MR) is 81.3 cm³/mol. The van der Waals surface area contributed by atoms with Crippen LogP contribution >= 0.6 is 0 Å². The molecule has 0 saturated carbocycles. The summed E-state index contributed by atoms with van der Waals surface area (Å²) in [6.07, 6.45) is -2.05. The minimum Gasteiger partial charge on any atom is -0.384 e. The van der Waals surface area contributed by atoms with Crippen LogP contribution in [-0.2, 0) is 12.6 Å². The third-order valence-corrected chi connectivity index (χ3v) is 3.15. The fourth-order valence-electron chi connectivity index (χ4n) is 2.16. The van der Waals surface area contributed by atoms with E-state index in [9.17, 15) is 13.2 Å². The summed E-state index contributed by atoms with van der Waals surface area (Å²) < 4.78 is 39.4. The first-order chi connectivity index (χ1) is 11.0. The molecular weight excluding hydrogens is 307 g/mol. The maximum Gasteiger partial charge on any atom is 0.420 e. The molecule has 2 rings (SSSR count). The smallest absolute Gasteiger partial charge is 0.384 e. The Balaban J connectivity index is 2.07. The zero-order valence-corrected chi connectivity index (χ0v) is 12.1. The number of aryl methyl sites for hydroxylation is 1. The predicted octanol–water partition coefficient (Wildman–Crippen LogP) is 5.09. The molecule has 0 aliphatic rings. The van der Waals surface area contributed by atoms with Crippen molar-refractivity contribution < 1.29 is 13.2 Å². The van der Waals surface area contributed by atoms with Crippen LogP contribution in [0.25, 0.3) is 10.4 Å². The highest BCUT2D eigenvalue weighted by atomic mass is 19.4. The molecule has 0 spiro atoms. The van der Waals surface area contributed by atoms with E-state index >= 15 is 0 Å². The average Bonchev–Trinajstić information content (AvgIpc) is 2.52. The van der Waals surface area contributed by atoms with Gasteiger partial charge in [-0.15, -0.1) is 0 Å². The molecule has 2 aromatic rings. The topological polar surface area (TPSA) is 73.7 Å². The summed E-state index contributed by atoms with van der Waals surface area (Å²) in [7, 11) is 0. The lowest BCUT2D eigenvalue weighted by Gasteiger charge is -2.15. The van der Waals surface area contributed by atoms with Gasteiger partial charge >= 0.3 is 6.18 Å². The van der Waals surface area contributed by atoms with Crippen molar-refractivity contribution in [3.8, 4) is 0 Å². The lowest BCUT2D eigenvalue weighted by Crippen LogP contribution is -2.13. The first-order valence-corrected chi connectivity index (χ1v) is 6.91. The summed E-state index contributed by atoms with van der Waals surface area (Å²) in [4.78, 5) is 5.88. The third-order valence-electron chi connectivity index (χ3n) is 3.15. The number of alkyl halides is 3. The van der Waals surface area contributed by atoms with Crippen LogP contribution in [0.1, 0.15) is 17.5 Å². The van der Waals surface area contributed by atoms with Gasteiger partial charge in [-0.05, 0) is 35.1 Å². The molecule has 23 heavy (non-hydrogen) atoms. The Morgan fingerprint density at radius 2 is 1.91 bits per heavy atom. The molecular formula is C15H14F3N5. The number of pyridine rings is 1. The first kappa shape index (κ1) is 16.6. The van der Waals surface area contributed by atoms with Gasteiger partial charge in [-0.2, -0.15) is 13.2 Å². The Kier molecular flexibility index (Phi) is 5.43. The highest BCUT2D eigenvalue weighted by molar-refractivity contribution is 5.60.